The zero-order valence-electron chi connectivity index (χ0n) is 25.4. The normalized spacial score (nSPS) is 20.6. The number of rotatable bonds is 9. The van der Waals surface area contributed by atoms with Gasteiger partial charge >= 0.3 is 6.09 Å². The summed E-state index contributed by atoms with van der Waals surface area (Å²) in [4.78, 5) is 55.3. The summed E-state index contributed by atoms with van der Waals surface area (Å²) in [5.74, 6) is 1.75. The Kier molecular flexibility index (Phi) is 7.86. The van der Waals surface area contributed by atoms with E-state index in [0.717, 1.165) is 17.4 Å². The quantitative estimate of drug-likeness (QED) is 0.292. The van der Waals surface area contributed by atoms with Crippen LogP contribution in [0.4, 0.5) is 16.6 Å². The summed E-state index contributed by atoms with van der Waals surface area (Å²) < 4.78 is 23.5. The minimum Gasteiger partial charge on any atom is -0.497 e. The fourth-order valence-electron chi connectivity index (χ4n) is 6.30. The Morgan fingerprint density at radius 3 is 2.61 bits per heavy atom. The molecule has 0 unspecified atom stereocenters. The van der Waals surface area contributed by atoms with Crippen LogP contribution in [0.2, 0.25) is 0 Å². The van der Waals surface area contributed by atoms with Crippen LogP contribution in [-0.4, -0.2) is 77.1 Å². The molecule has 5 heterocycles. The fourth-order valence-corrected chi connectivity index (χ4v) is 6.30. The Balaban J connectivity index is 1.03. The molecule has 3 aliphatic rings. The molecule has 1 aliphatic carbocycles. The van der Waals surface area contributed by atoms with E-state index in [1.54, 1.807) is 35.8 Å². The van der Waals surface area contributed by atoms with Crippen LogP contribution in [0.15, 0.2) is 59.5 Å². The van der Waals surface area contributed by atoms with Crippen LogP contribution < -0.4 is 34.9 Å². The Bertz CT molecular complexity index is 1850. The first-order valence-electron chi connectivity index (χ1n) is 15.1. The van der Waals surface area contributed by atoms with Crippen molar-refractivity contribution in [3.8, 4) is 17.4 Å². The first-order valence-corrected chi connectivity index (χ1v) is 15.1. The summed E-state index contributed by atoms with van der Waals surface area (Å²) in [6, 6.07) is 14.2. The molecule has 2 aliphatic heterocycles. The van der Waals surface area contributed by atoms with Gasteiger partial charge in [0.1, 0.15) is 17.5 Å². The zero-order chi connectivity index (χ0) is 31.8. The molecule has 1 saturated heterocycles. The number of carbonyl (C=O) groups is 2. The van der Waals surface area contributed by atoms with Crippen molar-refractivity contribution < 1.29 is 28.5 Å². The maximum absolute atomic E-state index is 13.2. The van der Waals surface area contributed by atoms with E-state index in [-0.39, 0.29) is 48.8 Å². The van der Waals surface area contributed by atoms with Crippen LogP contribution >= 0.6 is 0 Å². The Labute approximate surface area is 263 Å². The Morgan fingerprint density at radius 1 is 0.978 bits per heavy atom. The van der Waals surface area contributed by atoms with E-state index in [2.05, 4.69) is 20.3 Å². The molecule has 3 aromatic heterocycles. The van der Waals surface area contributed by atoms with Gasteiger partial charge in [0.2, 0.25) is 11.8 Å². The number of aromatic nitrogens is 4. The van der Waals surface area contributed by atoms with E-state index in [1.165, 1.54) is 17.2 Å². The Hall–Kier alpha value is -5.24. The summed E-state index contributed by atoms with van der Waals surface area (Å²) in [5, 5.41) is 4.38. The van der Waals surface area contributed by atoms with Gasteiger partial charge in [-0.05, 0) is 42.7 Å². The number of amides is 2. The lowest BCUT2D eigenvalue weighted by Gasteiger charge is -2.33. The highest BCUT2D eigenvalue weighted by Gasteiger charge is 2.47. The van der Waals surface area contributed by atoms with Crippen LogP contribution in [0.1, 0.15) is 24.8 Å². The van der Waals surface area contributed by atoms with Crippen molar-refractivity contribution in [2.75, 3.05) is 37.2 Å². The molecule has 1 N–H and O–H groups in total. The first-order chi connectivity index (χ1) is 22.4. The summed E-state index contributed by atoms with van der Waals surface area (Å²) in [6.45, 7) is 1.10. The molecular weight excluding hydrogens is 594 g/mol. The standard InChI is InChI=1S/C32H33N7O7/c1-43-22-8-3-19(4-9-22)17-38-28(41)18-45-25-16-34-31(36-30(25)38)39-23-10-7-21(15-24(23)46-32(39)42)33-13-14-37-27(40)12-6-20-5-11-26(44-2)35-29(20)37/h3-6,8-9,11-12,16,21,23-24,33H,7,10,13-15,17-18H2,1-2H3/t21-,23-,24+/m0/s1. The number of nitrogens with zero attached hydrogens (tertiary/aromatic N) is 6. The molecule has 2 fully saturated rings. The van der Waals surface area contributed by atoms with Crippen molar-refractivity contribution in [1.29, 1.82) is 0 Å². The van der Waals surface area contributed by atoms with E-state index in [9.17, 15) is 14.4 Å². The molecule has 2 amide bonds. The summed E-state index contributed by atoms with van der Waals surface area (Å²) in [6.07, 6.45) is 2.64. The lowest BCUT2D eigenvalue weighted by molar-refractivity contribution is -0.121. The third-order valence-corrected chi connectivity index (χ3v) is 8.67. The smallest absolute Gasteiger partial charge is 0.417 e. The number of carbonyl (C=O) groups excluding carboxylic acids is 2. The minimum atomic E-state index is -0.525. The molecule has 4 aromatic rings. The Morgan fingerprint density at radius 2 is 1.80 bits per heavy atom. The maximum atomic E-state index is 13.2. The van der Waals surface area contributed by atoms with E-state index in [1.807, 2.05) is 30.3 Å². The number of methoxy groups -OCH3 is 2. The van der Waals surface area contributed by atoms with Crippen molar-refractivity contribution >= 4 is 34.8 Å². The van der Waals surface area contributed by atoms with Gasteiger partial charge < -0.3 is 24.3 Å². The number of hydrogen-bond acceptors (Lipinski definition) is 11. The van der Waals surface area contributed by atoms with E-state index in [4.69, 9.17) is 18.9 Å². The van der Waals surface area contributed by atoms with Crippen molar-refractivity contribution in [2.24, 2.45) is 0 Å². The molecule has 14 heteroatoms. The van der Waals surface area contributed by atoms with Crippen LogP contribution in [0.5, 0.6) is 17.4 Å². The number of nitrogens with one attached hydrogen (secondary N) is 1. The summed E-state index contributed by atoms with van der Waals surface area (Å²) >= 11 is 0. The molecule has 0 spiro atoms. The fraction of sp³-hybridized carbons (Fsp3) is 0.375. The lowest BCUT2D eigenvalue weighted by Crippen LogP contribution is -2.47. The van der Waals surface area contributed by atoms with E-state index < -0.39 is 6.09 Å². The number of pyridine rings is 2. The lowest BCUT2D eigenvalue weighted by atomic mass is 9.88. The second-order valence-electron chi connectivity index (χ2n) is 11.4. The molecule has 7 rings (SSSR count). The van der Waals surface area contributed by atoms with Crippen molar-refractivity contribution in [1.82, 2.24) is 24.8 Å². The molecular formula is C32H33N7O7. The monoisotopic (exact) mass is 627 g/mol. The summed E-state index contributed by atoms with van der Waals surface area (Å²) in [5.41, 5.74) is 1.31. The molecule has 46 heavy (non-hydrogen) atoms. The average molecular weight is 628 g/mol. The average Bonchev–Trinajstić information content (AvgIpc) is 3.41. The number of ether oxygens (including phenoxy) is 4. The molecule has 0 radical (unpaired) electrons. The van der Waals surface area contributed by atoms with Crippen molar-refractivity contribution in [3.05, 3.63) is 70.6 Å². The minimum absolute atomic E-state index is 0.0811. The van der Waals surface area contributed by atoms with Gasteiger partial charge in [0.05, 0.1) is 33.0 Å². The van der Waals surface area contributed by atoms with Gasteiger partial charge in [-0.2, -0.15) is 9.97 Å². The van der Waals surface area contributed by atoms with Gasteiger partial charge in [0.15, 0.2) is 18.2 Å². The number of anilines is 2. The molecule has 1 aromatic carbocycles. The van der Waals surface area contributed by atoms with Gasteiger partial charge in [-0.15, -0.1) is 0 Å². The molecule has 3 atom stereocenters. The van der Waals surface area contributed by atoms with Crippen LogP contribution in [-0.2, 0) is 22.6 Å². The van der Waals surface area contributed by atoms with E-state index in [0.29, 0.717) is 54.8 Å². The highest BCUT2D eigenvalue weighted by Crippen LogP contribution is 2.37. The molecule has 14 nitrogen and oxygen atoms in total. The highest BCUT2D eigenvalue weighted by molar-refractivity contribution is 5.97. The largest absolute Gasteiger partial charge is 0.497 e. The maximum Gasteiger partial charge on any atom is 0.417 e. The van der Waals surface area contributed by atoms with Gasteiger partial charge in [-0.1, -0.05) is 12.1 Å². The number of hydrogen-bond donors (Lipinski definition) is 1. The second kappa shape index (κ2) is 12.3. The topological polar surface area (TPSA) is 150 Å². The third-order valence-electron chi connectivity index (χ3n) is 8.67. The predicted molar refractivity (Wildman–Crippen MR) is 166 cm³/mol. The van der Waals surface area contributed by atoms with Crippen molar-refractivity contribution in [2.45, 2.75) is 50.5 Å². The van der Waals surface area contributed by atoms with Crippen LogP contribution in [0.3, 0.4) is 0 Å². The molecule has 1 saturated carbocycles. The van der Waals surface area contributed by atoms with Gasteiger partial charge in [0.25, 0.3) is 11.5 Å². The zero-order valence-corrected chi connectivity index (χ0v) is 25.4. The van der Waals surface area contributed by atoms with Gasteiger partial charge in [0, 0.05) is 43.1 Å². The molecule has 238 valence electrons. The number of fused-ring (bicyclic) bond motifs is 3. The van der Waals surface area contributed by atoms with Gasteiger partial charge in [-0.25, -0.2) is 14.7 Å². The SMILES string of the molecule is COc1ccc(CN2C(=O)COc3cnc(N4C(=O)O[C@@H]5C[C@@H](NCCn6c(=O)ccc7ccc(OC)nc76)CC[C@@H]54)nc32)cc1. The first kappa shape index (κ1) is 29.5. The van der Waals surface area contributed by atoms with E-state index >= 15 is 0 Å². The third kappa shape index (κ3) is 5.55. The van der Waals surface area contributed by atoms with Crippen LogP contribution in [0, 0.1) is 0 Å². The van der Waals surface area contributed by atoms with Crippen molar-refractivity contribution in [3.63, 3.8) is 0 Å². The predicted octanol–water partition coefficient (Wildman–Crippen LogP) is 2.67. The molecule has 0 bridgehead atoms. The van der Waals surface area contributed by atoms with Crippen LogP contribution in [0.25, 0.3) is 11.0 Å². The second-order valence-corrected chi connectivity index (χ2v) is 11.4. The highest BCUT2D eigenvalue weighted by atomic mass is 16.6. The summed E-state index contributed by atoms with van der Waals surface area (Å²) in [7, 11) is 3.14. The number of benzene rings is 1. The van der Waals surface area contributed by atoms with Gasteiger partial charge in [-0.3, -0.25) is 19.1 Å².